The molecule has 116 heavy (non-hydrogen) atoms. The SMILES string of the molecule is C[C@@H]1C[C@@H]([C@H](O)CC2CC(=O)NC(=O)C2)C(=O)[C@@H](C)C1.Cc1c2oc3c(C)ccc(C(=O)N[C@@H]4C(=O)N[C@H](C(C)C)C(=O)N5CCC[C@H]5C(=O)N(C)CC(=O)N(C)[C@@H](C(C)C)C(=O)O[C@@H]4C)c3nc-2c(C(=O)N[C@@H]2C(=O)N[C@H](C(C)C)C(=O)N3CCC[C@H]3C(=O)N(C)CC(=O)N(C)[C@@H](C(C)C)C(=O)O[C@@H]2C)c(N)c1=O.Nc1ncn[nH]1. The fourth-order valence-corrected chi connectivity index (χ4v) is 16.1. The van der Waals surface area contributed by atoms with Crippen molar-refractivity contribution in [2.24, 2.45) is 47.3 Å². The minimum Gasteiger partial charge on any atom is -0.458 e. The van der Waals surface area contributed by atoms with Crippen LogP contribution >= 0.6 is 0 Å². The van der Waals surface area contributed by atoms with E-state index in [1.165, 1.54) is 87.0 Å². The Morgan fingerprint density at radius 1 is 0.638 bits per heavy atom. The lowest BCUT2D eigenvalue weighted by molar-refractivity contribution is -0.163. The van der Waals surface area contributed by atoms with Gasteiger partial charge in [-0.1, -0.05) is 75.3 Å². The van der Waals surface area contributed by atoms with Crippen molar-refractivity contribution < 1.29 is 90.9 Å². The number of nitrogens with one attached hydrogen (secondary N) is 6. The highest BCUT2D eigenvalue weighted by atomic mass is 16.6. The van der Waals surface area contributed by atoms with Crippen LogP contribution in [0.15, 0.2) is 27.7 Å². The number of ether oxygens (including phenoxy) is 2. The van der Waals surface area contributed by atoms with Crippen molar-refractivity contribution in [1.29, 1.82) is 0 Å². The number of nitrogens with zero attached hydrogens (tertiary/aromatic N) is 9. The number of rotatable bonds is 11. The van der Waals surface area contributed by atoms with Gasteiger partial charge in [-0.05, 0) is 120 Å². The molecule has 37 heteroatoms. The summed E-state index contributed by atoms with van der Waals surface area (Å²) < 4.78 is 18.3. The molecule has 6 fully saturated rings. The van der Waals surface area contributed by atoms with Gasteiger partial charge in [0, 0.05) is 71.5 Å². The molecule has 10 rings (SSSR count). The molecule has 7 heterocycles. The number of aliphatic hydroxyl groups is 1. The molecule has 8 aliphatic rings. The molecule has 2 aliphatic carbocycles. The monoisotopic (exact) mass is 1620 g/mol. The van der Waals surface area contributed by atoms with Crippen molar-refractivity contribution in [2.45, 2.75) is 221 Å². The lowest BCUT2D eigenvalue weighted by Crippen LogP contribution is -2.61. The molecule has 5 saturated heterocycles. The lowest BCUT2D eigenvalue weighted by atomic mass is 9.71. The molecule has 0 spiro atoms. The average molecular weight is 1620 g/mol. The van der Waals surface area contributed by atoms with Crippen molar-refractivity contribution in [2.75, 3.05) is 65.8 Å². The van der Waals surface area contributed by atoms with E-state index in [0.29, 0.717) is 43.1 Å². The Balaban J connectivity index is 0.000000542. The van der Waals surface area contributed by atoms with Gasteiger partial charge in [0.05, 0.1) is 36.0 Å². The van der Waals surface area contributed by atoms with E-state index in [1.54, 1.807) is 62.3 Å². The third kappa shape index (κ3) is 20.4. The van der Waals surface area contributed by atoms with Crippen molar-refractivity contribution in [3.05, 3.63) is 50.9 Å². The van der Waals surface area contributed by atoms with Crippen LogP contribution in [-0.2, 0) is 71.8 Å². The number of benzene rings is 2. The first-order valence-electron chi connectivity index (χ1n) is 39.4. The fraction of sp³-hybridized carbons (Fsp3) is 0.633. The minimum absolute atomic E-state index is 0.00492. The lowest BCUT2D eigenvalue weighted by Gasteiger charge is -2.36. The van der Waals surface area contributed by atoms with Crippen molar-refractivity contribution in [1.82, 2.24) is 76.1 Å². The number of aliphatic hydroxyl groups excluding tert-OH is 1. The number of aromatic nitrogens is 4. The largest absolute Gasteiger partial charge is 0.458 e. The highest BCUT2D eigenvalue weighted by Gasteiger charge is 2.48. The summed E-state index contributed by atoms with van der Waals surface area (Å²) >= 11 is 0. The fourth-order valence-electron chi connectivity index (χ4n) is 16.1. The number of cyclic esters (lactones) is 2. The Labute approximate surface area is 672 Å². The number of nitrogens with two attached hydrogens (primary N) is 2. The normalized spacial score (nSPS) is 26.6. The summed E-state index contributed by atoms with van der Waals surface area (Å²) in [7, 11) is 5.59. The molecule has 6 aliphatic heterocycles. The number of amides is 12. The zero-order chi connectivity index (χ0) is 86.2. The number of imide groups is 1. The number of H-pyrrole nitrogens is 1. The molecule has 2 aromatic rings. The number of carbonyl (C=O) groups is 15. The summed E-state index contributed by atoms with van der Waals surface area (Å²) in [6.07, 6.45) is 1.43. The Morgan fingerprint density at radius 2 is 1.11 bits per heavy atom. The van der Waals surface area contributed by atoms with E-state index in [1.807, 2.05) is 6.92 Å². The maximum absolute atomic E-state index is 15.2. The molecule has 0 radical (unpaired) electrons. The van der Waals surface area contributed by atoms with Gasteiger partial charge in [0.1, 0.15) is 83.9 Å². The molecule has 37 nitrogen and oxygen atoms in total. The second-order valence-electron chi connectivity index (χ2n) is 32.9. The zero-order valence-corrected chi connectivity index (χ0v) is 69.3. The average Bonchev–Trinajstić information content (AvgIpc) is 1.07. The van der Waals surface area contributed by atoms with Crippen LogP contribution in [0.4, 0.5) is 11.6 Å². The quantitative estimate of drug-likeness (QED) is 0.0440. The number of fused-ring (bicyclic) bond motifs is 4. The highest BCUT2D eigenvalue weighted by molar-refractivity contribution is 6.11. The van der Waals surface area contributed by atoms with Gasteiger partial charge < -0.3 is 81.1 Å². The summed E-state index contributed by atoms with van der Waals surface area (Å²) in [4.78, 5) is 238. The molecular weight excluding hydrogens is 1510 g/mol. The highest BCUT2D eigenvalue weighted by Crippen LogP contribution is 2.38. The van der Waals surface area contributed by atoms with Gasteiger partial charge in [-0.2, -0.15) is 5.10 Å². The van der Waals surface area contributed by atoms with Gasteiger partial charge in [-0.25, -0.2) is 24.7 Å². The second-order valence-corrected chi connectivity index (χ2v) is 32.9. The van der Waals surface area contributed by atoms with Gasteiger partial charge in [0.2, 0.25) is 70.4 Å². The van der Waals surface area contributed by atoms with E-state index in [9.17, 15) is 72.2 Å². The van der Waals surface area contributed by atoms with E-state index >= 15 is 9.59 Å². The molecule has 0 bridgehead atoms. The van der Waals surface area contributed by atoms with E-state index < -0.39 is 197 Å². The van der Waals surface area contributed by atoms with Crippen LogP contribution in [0.3, 0.4) is 0 Å². The van der Waals surface area contributed by atoms with Crippen LogP contribution in [0.5, 0.6) is 0 Å². The third-order valence-electron chi connectivity index (χ3n) is 22.5. The first-order valence-corrected chi connectivity index (χ1v) is 39.4. The van der Waals surface area contributed by atoms with Gasteiger partial charge in [0.15, 0.2) is 11.3 Å². The minimum atomic E-state index is -1.88. The Kier molecular flexibility index (Phi) is 29.8. The van der Waals surface area contributed by atoms with Gasteiger partial charge in [-0.3, -0.25) is 72.4 Å². The van der Waals surface area contributed by atoms with Crippen LogP contribution in [0.25, 0.3) is 22.6 Å². The summed E-state index contributed by atoms with van der Waals surface area (Å²) in [5.41, 5.74) is 8.62. The van der Waals surface area contributed by atoms with Gasteiger partial charge in [-0.15, -0.1) is 0 Å². The Bertz CT molecular complexity index is 4430. The van der Waals surface area contributed by atoms with Crippen LogP contribution in [0.2, 0.25) is 0 Å². The number of hydrogen-bond acceptors (Lipinski definition) is 25. The number of nitrogen functional groups attached to an aromatic ring is 2. The first-order chi connectivity index (χ1) is 54.4. The number of Topliss-reactive ketones (excluding diaryl/α,β-unsaturated/α-hetero) is 1. The number of anilines is 2. The molecule has 12 amide bonds. The smallest absolute Gasteiger partial charge is 0.329 e. The van der Waals surface area contributed by atoms with Crippen molar-refractivity contribution >= 4 is 111 Å². The van der Waals surface area contributed by atoms with Crippen LogP contribution in [0, 0.1) is 61.2 Å². The zero-order valence-electron chi connectivity index (χ0n) is 69.3. The summed E-state index contributed by atoms with van der Waals surface area (Å²) in [5, 5.41) is 29.2. The number of aryl methyl sites for hydroxylation is 1. The number of aromatic amines is 1. The van der Waals surface area contributed by atoms with E-state index in [-0.39, 0.29) is 102 Å². The van der Waals surface area contributed by atoms with Crippen LogP contribution < -0.4 is 43.5 Å². The Hall–Kier alpha value is -11.0. The van der Waals surface area contributed by atoms with E-state index in [4.69, 9.17) is 30.3 Å². The number of piperidine rings is 1. The standard InChI is InChI=1S/C62H86N12O16.C15H23NO4.C2H4N4/c1-27(2)42-59(84)73-23-17-19-36(73)57(82)69(13)25-38(75)71(15)48(29(5)6)61(86)88-33(11)44(55(80)65-42)67-53(78)35-22-21-31(9)51-46(35)64-47-40(41(63)50(77)32(10)52(47)90-51)54(79)68-45-34(12)89-62(87)49(30(7)8)72(16)39(76)26-70(14)58(83)37-20-18-24-74(37)60(85)43(28(3)4)66-56(45)81;1-8-3-9(2)15(20)11(4-8)12(17)5-10-6-13(18)16-14(19)7-10;3-2-4-1-5-6-2/h21-22,27-30,33-34,36-37,42-45,48-49H,17-20,23-26,63H2,1-16H3,(H,65,80)(H,66,81)(H,67,78)(H,68,79);8-12,17H,3-7H2,1-2H3,(H,16,18,19);1H,(H3,3,4,5,6)/t33-,34-,36+,37+,42-,43-,44+,45+,48+,49+;8-,9-,11-,12+;/m10./s1. The number of hydrogen-bond donors (Lipinski definition) is 9. The predicted octanol–water partition coefficient (Wildman–Crippen LogP) is 1.15. The van der Waals surface area contributed by atoms with Crippen molar-refractivity contribution in [3.63, 3.8) is 0 Å². The number of likely N-dealkylation sites (N-methyl/N-ethyl adjacent to an activating group) is 4. The topological polar surface area (TPSA) is 511 Å². The molecule has 11 N–H and O–H groups in total. The molecule has 0 unspecified atom stereocenters. The molecule has 1 aromatic carbocycles. The summed E-state index contributed by atoms with van der Waals surface area (Å²) in [6, 6.07) is -7.90. The van der Waals surface area contributed by atoms with E-state index in [2.05, 4.69) is 48.7 Å². The van der Waals surface area contributed by atoms with E-state index in [0.717, 1.165) is 16.2 Å². The van der Waals surface area contributed by atoms with Crippen molar-refractivity contribution in [3.8, 4) is 11.5 Å². The summed E-state index contributed by atoms with van der Waals surface area (Å²) in [5.74, 6) is -12.5. The van der Waals surface area contributed by atoms with Gasteiger partial charge >= 0.3 is 11.9 Å². The second kappa shape index (κ2) is 38.2. The first kappa shape index (κ1) is 90.5. The number of ketones is 1. The van der Waals surface area contributed by atoms with Gasteiger partial charge in [0.25, 0.3) is 11.8 Å². The summed E-state index contributed by atoms with van der Waals surface area (Å²) in [6.45, 7) is 22.4. The Morgan fingerprint density at radius 3 is 1.54 bits per heavy atom. The molecule has 14 atom stereocenters. The molecule has 1 saturated carbocycles. The number of carbonyl (C=O) groups excluding carboxylic acids is 15. The third-order valence-corrected chi connectivity index (χ3v) is 22.5. The maximum Gasteiger partial charge on any atom is 0.329 e. The molecule has 634 valence electrons. The molecule has 1 aromatic heterocycles. The molecular formula is C79H113N17O20. The maximum atomic E-state index is 15.2. The van der Waals surface area contributed by atoms with Crippen LogP contribution in [-0.4, -0.2) is 264 Å². The van der Waals surface area contributed by atoms with Crippen LogP contribution in [0.1, 0.15) is 173 Å². The predicted molar refractivity (Wildman–Crippen MR) is 419 cm³/mol. The number of esters is 2.